The number of ether oxygens (including phenoxy) is 1. The minimum absolute atomic E-state index is 0.0556. The smallest absolute Gasteiger partial charge is 0.304 e. The van der Waals surface area contributed by atoms with Gasteiger partial charge in [0, 0.05) is 38.4 Å². The summed E-state index contributed by atoms with van der Waals surface area (Å²) in [7, 11) is 0. The monoisotopic (exact) mass is 510 g/mol. The van der Waals surface area contributed by atoms with Crippen molar-refractivity contribution >= 4 is 17.9 Å². The number of unbranched alkanes of at least 4 members (excludes halogenated alkanes) is 1. The predicted molar refractivity (Wildman–Crippen MR) is 149 cm³/mol. The zero-order valence-electron chi connectivity index (χ0n) is 22.8. The average Bonchev–Trinajstić information content (AvgIpc) is 2.86. The van der Waals surface area contributed by atoms with Crippen molar-refractivity contribution < 1.29 is 14.5 Å². The molecule has 2 aromatic carbocycles. The van der Waals surface area contributed by atoms with E-state index in [0.29, 0.717) is 18.7 Å². The van der Waals surface area contributed by atoms with Crippen molar-refractivity contribution in [1.29, 1.82) is 0 Å². The third kappa shape index (κ3) is 11.7. The number of nitro groups is 1. The Kier molecular flexibility index (Phi) is 13.5. The molecule has 2 aromatic rings. The molecule has 0 saturated heterocycles. The van der Waals surface area contributed by atoms with Crippen LogP contribution in [0.4, 0.5) is 5.69 Å². The number of esters is 1. The van der Waals surface area contributed by atoms with Gasteiger partial charge in [0.05, 0.1) is 11.5 Å². The van der Waals surface area contributed by atoms with Crippen molar-refractivity contribution in [3.8, 4) is 0 Å². The van der Waals surface area contributed by atoms with E-state index in [1.807, 2.05) is 19.1 Å². The number of rotatable bonds is 17. The Bertz CT molecular complexity index is 988. The fourth-order valence-electron chi connectivity index (χ4n) is 4.28. The summed E-state index contributed by atoms with van der Waals surface area (Å²) in [5.41, 5.74) is 2.95. The largest absolute Gasteiger partial charge is 0.447 e. The molecule has 0 radical (unpaired) electrons. The van der Waals surface area contributed by atoms with Gasteiger partial charge in [0.1, 0.15) is 0 Å². The number of non-ortho nitro benzene ring substituents is 1. The Balaban J connectivity index is 1.93. The summed E-state index contributed by atoms with van der Waals surface area (Å²) >= 11 is 0. The molecule has 0 aliphatic carbocycles. The van der Waals surface area contributed by atoms with Crippen LogP contribution >= 0.6 is 0 Å². The fraction of sp³-hybridized carbons (Fsp3) is 0.517. The number of carbonyl (C=O) groups excluding carboxylic acids is 1. The second-order valence-corrected chi connectivity index (χ2v) is 9.37. The highest BCUT2D eigenvalue weighted by Gasteiger charge is 2.17. The molecule has 37 heavy (non-hydrogen) atoms. The first-order chi connectivity index (χ1) is 17.8. The number of nitrogens with zero attached hydrogens (tertiary/aromatic N) is 4. The molecular formula is C29H42N4O4. The normalized spacial score (nSPS) is 12.4. The second-order valence-electron chi connectivity index (χ2n) is 9.37. The number of carbonyl (C=O) groups is 1. The van der Waals surface area contributed by atoms with Gasteiger partial charge in [0.15, 0.2) is 6.23 Å². The number of hydrogen-bond donors (Lipinski definition) is 0. The molecule has 0 aromatic heterocycles. The number of aliphatic imine (C=N–C) groups is 1. The summed E-state index contributed by atoms with van der Waals surface area (Å²) in [4.78, 5) is 31.3. The van der Waals surface area contributed by atoms with Crippen molar-refractivity contribution in [2.24, 2.45) is 4.99 Å². The summed E-state index contributed by atoms with van der Waals surface area (Å²) in [6, 6.07) is 14.7. The Labute approximate surface area is 221 Å². The molecule has 0 aliphatic heterocycles. The van der Waals surface area contributed by atoms with Crippen LogP contribution in [-0.4, -0.2) is 59.3 Å². The van der Waals surface area contributed by atoms with Crippen LogP contribution in [0, 0.1) is 10.1 Å². The molecule has 0 heterocycles. The zero-order chi connectivity index (χ0) is 27.0. The van der Waals surface area contributed by atoms with Crippen LogP contribution in [0.2, 0.25) is 0 Å². The maximum absolute atomic E-state index is 11.6. The maximum atomic E-state index is 11.6. The van der Waals surface area contributed by atoms with Gasteiger partial charge in [-0.1, -0.05) is 50.2 Å². The molecule has 202 valence electrons. The lowest BCUT2D eigenvalue weighted by Gasteiger charge is -2.29. The summed E-state index contributed by atoms with van der Waals surface area (Å²) in [6.07, 6.45) is 5.87. The van der Waals surface area contributed by atoms with Crippen LogP contribution in [0.5, 0.6) is 0 Å². The highest BCUT2D eigenvalue weighted by atomic mass is 16.6. The van der Waals surface area contributed by atoms with Gasteiger partial charge in [-0.15, -0.1) is 0 Å². The molecule has 1 unspecified atom stereocenters. The van der Waals surface area contributed by atoms with E-state index in [2.05, 4.69) is 40.8 Å². The van der Waals surface area contributed by atoms with E-state index in [-0.39, 0.29) is 17.9 Å². The van der Waals surface area contributed by atoms with Gasteiger partial charge in [-0.05, 0) is 68.9 Å². The fourth-order valence-corrected chi connectivity index (χ4v) is 4.28. The van der Waals surface area contributed by atoms with E-state index in [1.54, 1.807) is 18.3 Å². The second kappa shape index (κ2) is 16.6. The quantitative estimate of drug-likeness (QED) is 0.0665. The Morgan fingerprint density at radius 3 is 2.30 bits per heavy atom. The Hall–Kier alpha value is -3.10. The highest BCUT2D eigenvalue weighted by molar-refractivity contribution is 5.80. The number of nitro benzene ring substituents is 1. The molecule has 0 fully saturated rings. The van der Waals surface area contributed by atoms with Crippen molar-refractivity contribution in [2.75, 3.05) is 26.2 Å². The molecule has 8 nitrogen and oxygen atoms in total. The Morgan fingerprint density at radius 2 is 1.68 bits per heavy atom. The number of benzene rings is 2. The lowest BCUT2D eigenvalue weighted by atomic mass is 10.1. The van der Waals surface area contributed by atoms with E-state index in [1.165, 1.54) is 31.9 Å². The van der Waals surface area contributed by atoms with Crippen LogP contribution in [-0.2, 0) is 22.6 Å². The van der Waals surface area contributed by atoms with Crippen LogP contribution in [0.15, 0.2) is 53.5 Å². The molecular weight excluding hydrogens is 468 g/mol. The van der Waals surface area contributed by atoms with E-state index in [0.717, 1.165) is 50.1 Å². The maximum Gasteiger partial charge on any atom is 0.304 e. The summed E-state index contributed by atoms with van der Waals surface area (Å²) in [6.45, 7) is 13.2. The first-order valence-electron chi connectivity index (χ1n) is 13.3. The molecule has 8 heteroatoms. The van der Waals surface area contributed by atoms with Crippen molar-refractivity contribution in [2.45, 2.75) is 72.7 Å². The van der Waals surface area contributed by atoms with Crippen LogP contribution < -0.4 is 0 Å². The van der Waals surface area contributed by atoms with E-state index in [4.69, 9.17) is 4.74 Å². The highest BCUT2D eigenvalue weighted by Crippen LogP contribution is 2.15. The first kappa shape index (κ1) is 30.1. The van der Waals surface area contributed by atoms with Gasteiger partial charge in [0.2, 0.25) is 0 Å². The topological polar surface area (TPSA) is 88.3 Å². The van der Waals surface area contributed by atoms with Crippen molar-refractivity contribution in [1.82, 2.24) is 9.80 Å². The molecule has 2 rings (SSSR count). The lowest BCUT2D eigenvalue weighted by molar-refractivity contribution is -0.384. The summed E-state index contributed by atoms with van der Waals surface area (Å²) in [5, 5.41) is 10.9. The van der Waals surface area contributed by atoms with Gasteiger partial charge in [-0.2, -0.15) is 0 Å². The minimum Gasteiger partial charge on any atom is -0.447 e. The zero-order valence-corrected chi connectivity index (χ0v) is 22.8. The van der Waals surface area contributed by atoms with E-state index in [9.17, 15) is 14.9 Å². The molecule has 0 N–H and O–H groups in total. The molecule has 0 bridgehead atoms. The van der Waals surface area contributed by atoms with E-state index >= 15 is 0 Å². The molecule has 1 atom stereocenters. The van der Waals surface area contributed by atoms with Gasteiger partial charge in [-0.3, -0.25) is 24.8 Å². The van der Waals surface area contributed by atoms with Gasteiger partial charge in [-0.25, -0.2) is 0 Å². The standard InChI is InChI=1S/C29H42N4O4/c1-5-16-31(17-6-2)18-7-8-19-32(24(3)37-25(4)34)23-27-14-12-26(13-15-27)21-30-22-28-10-9-11-29(20-28)33(35)36/h9-15,20,22,24H,5-8,16-19,21,23H2,1-4H3/b30-22+. The SMILES string of the molecule is CCCN(CCC)CCCCN(Cc1ccc(C/N=C/c2cccc([N+](=O)[O-])c2)cc1)C(C)OC(C)=O. The third-order valence-corrected chi connectivity index (χ3v) is 6.10. The van der Waals surface area contributed by atoms with Gasteiger partial charge >= 0.3 is 5.97 Å². The summed E-state index contributed by atoms with van der Waals surface area (Å²) < 4.78 is 5.50. The van der Waals surface area contributed by atoms with Crippen molar-refractivity contribution in [3.05, 3.63) is 75.3 Å². The van der Waals surface area contributed by atoms with Crippen LogP contribution in [0.25, 0.3) is 0 Å². The van der Waals surface area contributed by atoms with Crippen LogP contribution in [0.1, 0.15) is 70.1 Å². The predicted octanol–water partition coefficient (Wildman–Crippen LogP) is 5.83. The molecule has 0 saturated carbocycles. The average molecular weight is 511 g/mol. The molecule has 0 amide bonds. The molecule has 0 spiro atoms. The third-order valence-electron chi connectivity index (χ3n) is 6.10. The van der Waals surface area contributed by atoms with E-state index < -0.39 is 4.92 Å². The molecule has 0 aliphatic rings. The van der Waals surface area contributed by atoms with Gasteiger partial charge < -0.3 is 9.64 Å². The number of hydrogen-bond acceptors (Lipinski definition) is 7. The Morgan fingerprint density at radius 1 is 1.03 bits per heavy atom. The first-order valence-corrected chi connectivity index (χ1v) is 13.3. The minimum atomic E-state index is -0.408. The van der Waals surface area contributed by atoms with Gasteiger partial charge in [0.25, 0.3) is 5.69 Å². The summed E-state index contributed by atoms with van der Waals surface area (Å²) in [5.74, 6) is -0.272. The van der Waals surface area contributed by atoms with Crippen molar-refractivity contribution in [3.63, 3.8) is 0 Å². The lowest BCUT2D eigenvalue weighted by Crippen LogP contribution is -2.37. The van der Waals surface area contributed by atoms with Crippen LogP contribution in [0.3, 0.4) is 0 Å².